The van der Waals surface area contributed by atoms with Crippen molar-refractivity contribution in [2.75, 3.05) is 0 Å². The molecule has 2 aromatic rings. The Labute approximate surface area is 103 Å². The van der Waals surface area contributed by atoms with E-state index in [9.17, 15) is 14.7 Å². The van der Waals surface area contributed by atoms with E-state index >= 15 is 0 Å². The molecule has 1 N–H and O–H groups in total. The second kappa shape index (κ2) is 4.44. The van der Waals surface area contributed by atoms with Gasteiger partial charge in [0.1, 0.15) is 5.82 Å². The van der Waals surface area contributed by atoms with Crippen molar-refractivity contribution in [2.24, 2.45) is 7.05 Å². The van der Waals surface area contributed by atoms with Crippen LogP contribution < -0.4 is 5.56 Å². The lowest BCUT2D eigenvalue weighted by Crippen LogP contribution is -2.21. The first-order chi connectivity index (χ1) is 8.54. The van der Waals surface area contributed by atoms with Crippen LogP contribution in [-0.2, 0) is 7.05 Å². The highest BCUT2D eigenvalue weighted by atomic mass is 16.3. The van der Waals surface area contributed by atoms with E-state index in [1.54, 1.807) is 0 Å². The summed E-state index contributed by atoms with van der Waals surface area (Å²) >= 11 is 0. The van der Waals surface area contributed by atoms with E-state index in [0.717, 1.165) is 5.56 Å². The van der Waals surface area contributed by atoms with Gasteiger partial charge in [-0.15, -0.1) is 0 Å². The zero-order valence-electron chi connectivity index (χ0n) is 10.0. The minimum atomic E-state index is -0.636. The van der Waals surface area contributed by atoms with Gasteiger partial charge in [-0.3, -0.25) is 14.2 Å². The number of aromatic nitrogens is 2. The maximum absolute atomic E-state index is 11.7. The van der Waals surface area contributed by atoms with Gasteiger partial charge in [0, 0.05) is 12.6 Å². The van der Waals surface area contributed by atoms with Crippen LogP contribution in [0.15, 0.2) is 29.1 Å². The molecule has 1 aromatic carbocycles. The van der Waals surface area contributed by atoms with Crippen LogP contribution in [-0.4, -0.2) is 20.9 Å². The van der Waals surface area contributed by atoms with Crippen LogP contribution in [0.3, 0.4) is 0 Å². The Balaban J connectivity index is 2.72. The van der Waals surface area contributed by atoms with Crippen LogP contribution in [0.5, 0.6) is 5.75 Å². The first-order valence-electron chi connectivity index (χ1n) is 5.37. The molecular weight excluding hydrogens is 232 g/mol. The molecule has 0 saturated carbocycles. The number of carbonyl (C=O) groups excluding carboxylic acids is 1. The van der Waals surface area contributed by atoms with Crippen molar-refractivity contribution in [3.05, 3.63) is 45.9 Å². The Morgan fingerprint density at radius 3 is 2.44 bits per heavy atom. The van der Waals surface area contributed by atoms with Crippen LogP contribution in [0.2, 0.25) is 0 Å². The lowest BCUT2D eigenvalue weighted by atomic mass is 10.1. The van der Waals surface area contributed by atoms with Gasteiger partial charge in [-0.05, 0) is 6.92 Å². The molecule has 1 heterocycles. The normalized spacial score (nSPS) is 10.3. The Kier molecular flexibility index (Phi) is 2.97. The van der Waals surface area contributed by atoms with Gasteiger partial charge < -0.3 is 5.11 Å². The van der Waals surface area contributed by atoms with Crippen molar-refractivity contribution in [1.82, 2.24) is 9.55 Å². The van der Waals surface area contributed by atoms with Gasteiger partial charge in [0.25, 0.3) is 5.56 Å². The molecule has 0 aliphatic rings. The molecule has 0 atom stereocenters. The van der Waals surface area contributed by atoms with Gasteiger partial charge >= 0.3 is 0 Å². The summed E-state index contributed by atoms with van der Waals surface area (Å²) in [7, 11) is 1.50. The molecule has 1 aromatic heterocycles. The van der Waals surface area contributed by atoms with E-state index in [0.29, 0.717) is 17.7 Å². The minimum Gasteiger partial charge on any atom is -0.501 e. The third kappa shape index (κ3) is 1.90. The van der Waals surface area contributed by atoms with Crippen molar-refractivity contribution in [1.29, 1.82) is 0 Å². The number of rotatable bonds is 2. The summed E-state index contributed by atoms with van der Waals surface area (Å²) in [6, 6.07) is 7.38. The molecule has 18 heavy (non-hydrogen) atoms. The highest BCUT2D eigenvalue weighted by Crippen LogP contribution is 2.18. The van der Waals surface area contributed by atoms with Gasteiger partial charge in [0.15, 0.2) is 12.0 Å². The fourth-order valence-electron chi connectivity index (χ4n) is 1.65. The molecule has 0 unspecified atom stereocenters. The third-order valence-electron chi connectivity index (χ3n) is 2.72. The Morgan fingerprint density at radius 1 is 1.28 bits per heavy atom. The summed E-state index contributed by atoms with van der Waals surface area (Å²) in [5.74, 6) is -0.275. The molecule has 5 nitrogen and oxygen atoms in total. The number of aryl methyl sites for hydroxylation is 1. The number of aromatic hydroxyl groups is 1. The van der Waals surface area contributed by atoms with Crippen molar-refractivity contribution >= 4 is 6.29 Å². The summed E-state index contributed by atoms with van der Waals surface area (Å²) in [4.78, 5) is 26.5. The highest BCUT2D eigenvalue weighted by molar-refractivity contribution is 5.77. The molecule has 0 saturated heterocycles. The standard InChI is InChI=1S/C13H12N2O3/c1-8-3-5-9(6-4-8)12-14-10(7-16)11(17)13(18)15(12)2/h3-7,17H,1-2H3. The lowest BCUT2D eigenvalue weighted by Gasteiger charge is -2.09. The lowest BCUT2D eigenvalue weighted by molar-refractivity contribution is 0.111. The van der Waals surface area contributed by atoms with E-state index in [1.807, 2.05) is 31.2 Å². The predicted octanol–water partition coefficient (Wildman–Crippen LogP) is 1.27. The number of aldehydes is 1. The van der Waals surface area contributed by atoms with E-state index in [2.05, 4.69) is 4.98 Å². The van der Waals surface area contributed by atoms with E-state index in [-0.39, 0.29) is 5.69 Å². The monoisotopic (exact) mass is 244 g/mol. The summed E-state index contributed by atoms with van der Waals surface area (Å²) < 4.78 is 1.22. The van der Waals surface area contributed by atoms with Gasteiger partial charge in [0.05, 0.1) is 0 Å². The van der Waals surface area contributed by atoms with Crippen LogP contribution in [0, 0.1) is 6.92 Å². The first-order valence-corrected chi connectivity index (χ1v) is 5.37. The van der Waals surface area contributed by atoms with E-state index in [4.69, 9.17) is 0 Å². The Hall–Kier alpha value is -2.43. The van der Waals surface area contributed by atoms with Crippen LogP contribution in [0.1, 0.15) is 16.1 Å². The van der Waals surface area contributed by atoms with Crippen molar-refractivity contribution in [3.63, 3.8) is 0 Å². The first kappa shape index (κ1) is 12.0. The number of hydrogen-bond donors (Lipinski definition) is 1. The summed E-state index contributed by atoms with van der Waals surface area (Å²) in [6.07, 6.45) is 0.369. The largest absolute Gasteiger partial charge is 0.501 e. The molecule has 2 rings (SSSR count). The van der Waals surface area contributed by atoms with Gasteiger partial charge in [-0.25, -0.2) is 4.98 Å². The molecular formula is C13H12N2O3. The number of nitrogens with zero attached hydrogens (tertiary/aromatic N) is 2. The zero-order chi connectivity index (χ0) is 13.3. The van der Waals surface area contributed by atoms with Crippen LogP contribution in [0.4, 0.5) is 0 Å². The molecule has 0 bridgehead atoms. The van der Waals surface area contributed by atoms with Crippen LogP contribution >= 0.6 is 0 Å². The summed E-state index contributed by atoms with van der Waals surface area (Å²) in [5, 5.41) is 9.47. The Bertz CT molecular complexity index is 657. The van der Waals surface area contributed by atoms with Gasteiger partial charge in [-0.2, -0.15) is 0 Å². The van der Waals surface area contributed by atoms with Gasteiger partial charge in [0.2, 0.25) is 5.75 Å². The number of benzene rings is 1. The fraction of sp³-hybridized carbons (Fsp3) is 0.154. The molecule has 0 amide bonds. The quantitative estimate of drug-likeness (QED) is 0.807. The molecule has 0 fully saturated rings. The van der Waals surface area contributed by atoms with Crippen LogP contribution in [0.25, 0.3) is 11.4 Å². The van der Waals surface area contributed by atoms with Crippen molar-refractivity contribution in [2.45, 2.75) is 6.92 Å². The summed E-state index contributed by atoms with van der Waals surface area (Å²) in [5.41, 5.74) is 0.915. The zero-order valence-corrected chi connectivity index (χ0v) is 10.0. The average molecular weight is 244 g/mol. The highest BCUT2D eigenvalue weighted by Gasteiger charge is 2.14. The number of hydrogen-bond acceptors (Lipinski definition) is 4. The summed E-state index contributed by atoms with van der Waals surface area (Å²) in [6.45, 7) is 1.95. The molecule has 0 aliphatic carbocycles. The molecule has 0 aliphatic heterocycles. The van der Waals surface area contributed by atoms with Crippen molar-refractivity contribution < 1.29 is 9.90 Å². The predicted molar refractivity (Wildman–Crippen MR) is 66.7 cm³/mol. The molecule has 0 radical (unpaired) electrons. The third-order valence-corrected chi connectivity index (χ3v) is 2.72. The molecule has 92 valence electrons. The molecule has 0 spiro atoms. The van der Waals surface area contributed by atoms with E-state index < -0.39 is 11.3 Å². The minimum absolute atomic E-state index is 0.242. The van der Waals surface area contributed by atoms with Crippen molar-refractivity contribution in [3.8, 4) is 17.1 Å². The maximum atomic E-state index is 11.7. The maximum Gasteiger partial charge on any atom is 0.296 e. The topological polar surface area (TPSA) is 72.2 Å². The average Bonchev–Trinajstić information content (AvgIpc) is 2.38. The Morgan fingerprint density at radius 2 is 1.89 bits per heavy atom. The fourth-order valence-corrected chi connectivity index (χ4v) is 1.65. The SMILES string of the molecule is Cc1ccc(-c2nc(C=O)c(O)c(=O)n2C)cc1. The number of carbonyl (C=O) groups is 1. The molecule has 5 heteroatoms. The second-order valence-electron chi connectivity index (χ2n) is 4.02. The second-order valence-corrected chi connectivity index (χ2v) is 4.02. The smallest absolute Gasteiger partial charge is 0.296 e. The van der Waals surface area contributed by atoms with Gasteiger partial charge in [-0.1, -0.05) is 29.8 Å². The van der Waals surface area contributed by atoms with E-state index in [1.165, 1.54) is 11.6 Å².